The molecule has 2 N–H and O–H groups in total. The molecule has 0 atom stereocenters. The summed E-state index contributed by atoms with van der Waals surface area (Å²) in [6.07, 6.45) is 0. The molecule has 0 radical (unpaired) electrons. The molecular formula is C102H66N6+2. The first-order chi connectivity index (χ1) is 53.5. The van der Waals surface area contributed by atoms with Gasteiger partial charge in [0.25, 0.3) is 0 Å². The molecule has 21 rings (SSSR count). The van der Waals surface area contributed by atoms with E-state index in [0.29, 0.717) is 17.5 Å². The maximum absolute atomic E-state index is 5.59. The Morgan fingerprint density at radius 3 is 1.30 bits per heavy atom. The van der Waals surface area contributed by atoms with E-state index in [1.807, 2.05) is 18.2 Å². The summed E-state index contributed by atoms with van der Waals surface area (Å²) in [6, 6.07) is 141. The van der Waals surface area contributed by atoms with Crippen LogP contribution in [0.15, 0.2) is 388 Å². The van der Waals surface area contributed by atoms with Crippen molar-refractivity contribution < 1.29 is 9.97 Å². The van der Waals surface area contributed by atoms with Crippen molar-refractivity contribution in [3.63, 3.8) is 0 Å². The molecule has 0 amide bonds. The zero-order valence-corrected chi connectivity index (χ0v) is 58.7. The van der Waals surface area contributed by atoms with Crippen molar-refractivity contribution in [2.75, 3.05) is 0 Å². The zero-order chi connectivity index (χ0) is 71.3. The van der Waals surface area contributed by atoms with Crippen molar-refractivity contribution in [1.82, 2.24) is 19.9 Å². The first-order valence-electron chi connectivity index (χ1n) is 37.0. The van der Waals surface area contributed by atoms with Crippen LogP contribution in [0.2, 0.25) is 0 Å². The molecule has 108 heavy (non-hydrogen) atoms. The molecule has 0 fully saturated rings. The maximum Gasteiger partial charge on any atom is 0.401 e. The van der Waals surface area contributed by atoms with Crippen molar-refractivity contribution in [2.24, 2.45) is 0 Å². The Bertz CT molecular complexity index is 6510. The van der Waals surface area contributed by atoms with Gasteiger partial charge in [0.2, 0.25) is 0 Å². The molecule has 16 aromatic carbocycles. The lowest BCUT2D eigenvalue weighted by atomic mass is 9.67. The Balaban J connectivity index is 0.705. The van der Waals surface area contributed by atoms with Gasteiger partial charge in [-0.1, -0.05) is 340 Å². The number of H-pyrrole nitrogens is 2. The monoisotopic (exact) mass is 1370 g/mol. The molecule has 1 spiro atoms. The molecule has 2 aromatic heterocycles. The van der Waals surface area contributed by atoms with Gasteiger partial charge in [-0.2, -0.15) is 9.97 Å². The van der Waals surface area contributed by atoms with Crippen LogP contribution in [0.25, 0.3) is 157 Å². The topological polar surface area (TPSA) is 79.8 Å². The summed E-state index contributed by atoms with van der Waals surface area (Å²) in [5, 5.41) is 2.29. The van der Waals surface area contributed by atoms with Crippen LogP contribution in [0.4, 0.5) is 0 Å². The summed E-state index contributed by atoms with van der Waals surface area (Å²) < 4.78 is 0. The summed E-state index contributed by atoms with van der Waals surface area (Å²) in [6.45, 7) is 0. The third-order valence-electron chi connectivity index (χ3n) is 22.6. The maximum atomic E-state index is 5.59. The fourth-order valence-electron chi connectivity index (χ4n) is 18.0. The third kappa shape index (κ3) is 9.81. The molecule has 0 saturated heterocycles. The van der Waals surface area contributed by atoms with Gasteiger partial charge >= 0.3 is 17.5 Å². The van der Waals surface area contributed by atoms with Gasteiger partial charge in [-0.3, -0.25) is 0 Å². The Hall–Kier alpha value is -14.2. The Labute approximate surface area is 626 Å². The molecule has 6 heteroatoms. The van der Waals surface area contributed by atoms with Crippen LogP contribution < -0.4 is 9.97 Å². The molecular weight excluding hydrogens is 1310 g/mol. The van der Waals surface area contributed by atoms with Gasteiger partial charge in [-0.05, 0) is 176 Å². The second-order valence-electron chi connectivity index (χ2n) is 28.4. The summed E-state index contributed by atoms with van der Waals surface area (Å²) >= 11 is 0. The molecule has 502 valence electrons. The highest BCUT2D eigenvalue weighted by atomic mass is 15.0. The molecule has 0 saturated carbocycles. The van der Waals surface area contributed by atoms with E-state index in [1.54, 1.807) is 0 Å². The number of fused-ring (bicyclic) bond motifs is 14. The Kier molecular flexibility index (Phi) is 14.6. The first-order valence-corrected chi connectivity index (χ1v) is 37.0. The normalized spacial score (nSPS) is 13.0. The van der Waals surface area contributed by atoms with Gasteiger partial charge < -0.3 is 0 Å². The van der Waals surface area contributed by atoms with Crippen molar-refractivity contribution >= 4 is 10.8 Å². The lowest BCUT2D eigenvalue weighted by molar-refractivity contribution is -0.501. The smallest absolute Gasteiger partial charge is 0.208 e. The minimum Gasteiger partial charge on any atom is -0.208 e. The average molecular weight is 1380 g/mol. The van der Waals surface area contributed by atoms with E-state index in [0.717, 1.165) is 106 Å². The van der Waals surface area contributed by atoms with Crippen LogP contribution in [-0.2, 0) is 10.8 Å². The zero-order valence-electron chi connectivity index (χ0n) is 58.7. The molecule has 2 heterocycles. The van der Waals surface area contributed by atoms with E-state index in [2.05, 4.69) is 380 Å². The molecule has 6 nitrogen and oxygen atoms in total. The average Bonchev–Trinajstić information content (AvgIpc) is 1.51. The predicted octanol–water partition coefficient (Wildman–Crippen LogP) is 23.4. The molecule has 18 aromatic rings. The summed E-state index contributed by atoms with van der Waals surface area (Å²) in [5.74, 6) is 3.98. The van der Waals surface area contributed by atoms with Crippen LogP contribution >= 0.6 is 0 Å². The number of aromatic amines is 2. The number of hydrogen-bond acceptors (Lipinski definition) is 4. The van der Waals surface area contributed by atoms with Crippen LogP contribution in [0.3, 0.4) is 0 Å². The van der Waals surface area contributed by atoms with Crippen molar-refractivity contribution in [3.05, 3.63) is 433 Å². The highest BCUT2D eigenvalue weighted by molar-refractivity contribution is 6.05. The summed E-state index contributed by atoms with van der Waals surface area (Å²) in [7, 11) is 0. The lowest BCUT2D eigenvalue weighted by Gasteiger charge is -2.34. The fraction of sp³-hybridized carbons (Fsp3) is 0.0196. The standard InChI is InChI=1S/C102H64N6/c1-6-29-65(30-7-1)77-58-56-70(63-86(77)100-106-96(68-34-10-3-11-35-68)104-98(108-100)74-39-27-37-71(62-74)79-49-28-54-91-94(79)84-48-21-25-53-90(84)101(91,75-40-12-4-13-41-75)76-42-14-5-15-43-76)69-36-26-38-73(61-69)97-103-95(67-32-8-2-9-33-67)105-99(107-97)85-60-55-66-31-16-17-44-78(66)93(85)72-57-59-83-82-47-20-24-52-89(82)102(92(83)64-72)87-50-22-18-45-80(87)81-46-19-23-51-88(81)102/h1-64H/p+2. The molecule has 3 aliphatic carbocycles. The van der Waals surface area contributed by atoms with Gasteiger partial charge in [-0.15, -0.1) is 0 Å². The van der Waals surface area contributed by atoms with E-state index >= 15 is 0 Å². The number of nitrogens with zero attached hydrogens (tertiary/aromatic N) is 4. The molecule has 0 bridgehead atoms. The number of rotatable bonds is 12. The Morgan fingerprint density at radius 2 is 0.630 bits per heavy atom. The van der Waals surface area contributed by atoms with Crippen molar-refractivity contribution in [3.8, 4) is 146 Å². The number of aromatic nitrogens is 6. The highest BCUT2D eigenvalue weighted by Gasteiger charge is 2.52. The predicted molar refractivity (Wildman–Crippen MR) is 436 cm³/mol. The largest absolute Gasteiger partial charge is 0.401 e. The molecule has 0 aliphatic heterocycles. The lowest BCUT2D eigenvalue weighted by Crippen LogP contribution is -2.28. The van der Waals surface area contributed by atoms with E-state index in [1.165, 1.54) is 77.9 Å². The van der Waals surface area contributed by atoms with Crippen LogP contribution in [0.5, 0.6) is 0 Å². The minimum absolute atomic E-state index is 0.514. The summed E-state index contributed by atoms with van der Waals surface area (Å²) in [5.41, 5.74) is 30.7. The fourth-order valence-corrected chi connectivity index (χ4v) is 18.0. The van der Waals surface area contributed by atoms with Gasteiger partial charge in [0.1, 0.15) is 0 Å². The number of benzene rings is 16. The van der Waals surface area contributed by atoms with Gasteiger partial charge in [0, 0.05) is 22.3 Å². The second-order valence-corrected chi connectivity index (χ2v) is 28.4. The number of hydrogen-bond donors (Lipinski definition) is 0. The highest BCUT2D eigenvalue weighted by Crippen LogP contribution is 2.64. The van der Waals surface area contributed by atoms with Crippen LogP contribution in [0.1, 0.15) is 44.5 Å². The molecule has 0 unspecified atom stereocenters. The van der Waals surface area contributed by atoms with E-state index < -0.39 is 10.8 Å². The Morgan fingerprint density at radius 1 is 0.194 bits per heavy atom. The van der Waals surface area contributed by atoms with Gasteiger partial charge in [0.05, 0.1) is 32.5 Å². The van der Waals surface area contributed by atoms with Crippen molar-refractivity contribution in [1.29, 1.82) is 0 Å². The quantitative estimate of drug-likeness (QED) is 0.122. The van der Waals surface area contributed by atoms with Gasteiger partial charge in [-0.25, -0.2) is 15.0 Å². The first kappa shape index (κ1) is 62.4. The van der Waals surface area contributed by atoms with Crippen LogP contribution in [0, 0.1) is 0 Å². The summed E-state index contributed by atoms with van der Waals surface area (Å²) in [4.78, 5) is 29.8. The van der Waals surface area contributed by atoms with E-state index in [9.17, 15) is 0 Å². The third-order valence-corrected chi connectivity index (χ3v) is 22.6. The minimum atomic E-state index is -0.543. The van der Waals surface area contributed by atoms with Crippen LogP contribution in [-0.4, -0.2) is 19.9 Å². The van der Waals surface area contributed by atoms with E-state index in [-0.39, 0.29) is 0 Å². The second kappa shape index (κ2) is 25.3. The van der Waals surface area contributed by atoms with E-state index in [4.69, 9.17) is 19.9 Å². The molecule has 3 aliphatic rings. The number of nitrogens with one attached hydrogen (secondary N) is 2. The van der Waals surface area contributed by atoms with Gasteiger partial charge in [0.15, 0.2) is 17.5 Å². The van der Waals surface area contributed by atoms with Crippen molar-refractivity contribution in [2.45, 2.75) is 10.8 Å². The SMILES string of the molecule is c1ccc(-c2nc(-c3cccc(-c4cccc5c4-c4ccccc4C5(c4ccccc4)c4ccccc4)c3)nc(-c3cc(-c4cccc(-c5[nH+]c(-c6ccccc6)nc(-c6ccc7ccccc7c6-c6ccc7c(c6)C6(c8ccccc8-c8ccccc86)c6ccccc6-7)[nH+]5)c4)ccc3-c3ccccc3)n2)cc1.